The number of hydrogen-bond donors (Lipinski definition) is 7. The third kappa shape index (κ3) is 4.85. The molecule has 0 aromatic carbocycles. The number of nitrogens with one attached hydrogen (secondary N) is 1. The summed E-state index contributed by atoms with van der Waals surface area (Å²) in [6.07, 6.45) is -5.24. The van der Waals surface area contributed by atoms with Crippen molar-refractivity contribution >= 4 is 5.97 Å². The van der Waals surface area contributed by atoms with E-state index in [1.807, 2.05) is 0 Å². The number of carboxylic acids is 1. The van der Waals surface area contributed by atoms with Gasteiger partial charge in [0.15, 0.2) is 0 Å². The Hall–Kier alpha value is -0.810. The van der Waals surface area contributed by atoms with Crippen molar-refractivity contribution in [2.24, 2.45) is 5.73 Å². The SMILES string of the molecule is NCCCC[C@@H](NC1O[C@H](CO)[C@H](O)[C@H](O)[C@H]1O)C(=O)O. The van der Waals surface area contributed by atoms with Gasteiger partial charge in [0.2, 0.25) is 0 Å². The van der Waals surface area contributed by atoms with E-state index < -0.39 is 49.3 Å². The molecule has 1 rings (SSSR count). The molecule has 1 saturated heterocycles. The first kappa shape index (κ1) is 18.2. The van der Waals surface area contributed by atoms with Crippen molar-refractivity contribution in [3.05, 3.63) is 0 Å². The Morgan fingerprint density at radius 1 is 1.19 bits per heavy atom. The Morgan fingerprint density at radius 3 is 2.38 bits per heavy atom. The maximum Gasteiger partial charge on any atom is 0.320 e. The number of aliphatic hydroxyl groups is 4. The molecule has 9 heteroatoms. The fourth-order valence-corrected chi connectivity index (χ4v) is 2.21. The number of rotatable bonds is 8. The molecule has 21 heavy (non-hydrogen) atoms. The smallest absolute Gasteiger partial charge is 0.320 e. The molecule has 0 radical (unpaired) electrons. The van der Waals surface area contributed by atoms with Gasteiger partial charge in [0.05, 0.1) is 6.61 Å². The van der Waals surface area contributed by atoms with Crippen LogP contribution in [0, 0.1) is 0 Å². The Balaban J connectivity index is 2.66. The third-order valence-corrected chi connectivity index (χ3v) is 3.50. The van der Waals surface area contributed by atoms with Crippen molar-refractivity contribution in [1.29, 1.82) is 0 Å². The van der Waals surface area contributed by atoms with Crippen LogP contribution in [0.15, 0.2) is 0 Å². The van der Waals surface area contributed by atoms with Crippen molar-refractivity contribution in [2.45, 2.75) is 55.9 Å². The van der Waals surface area contributed by atoms with Crippen LogP contribution >= 0.6 is 0 Å². The zero-order chi connectivity index (χ0) is 16.0. The maximum atomic E-state index is 11.2. The molecular formula is C12H24N2O7. The highest BCUT2D eigenvalue weighted by molar-refractivity contribution is 5.73. The van der Waals surface area contributed by atoms with E-state index in [4.69, 9.17) is 20.7 Å². The summed E-state index contributed by atoms with van der Waals surface area (Å²) in [6.45, 7) is -0.111. The van der Waals surface area contributed by atoms with Crippen molar-refractivity contribution in [2.75, 3.05) is 13.2 Å². The van der Waals surface area contributed by atoms with Gasteiger partial charge in [0.25, 0.3) is 0 Å². The number of aliphatic hydroxyl groups excluding tert-OH is 4. The molecule has 9 nitrogen and oxygen atoms in total. The topological polar surface area (TPSA) is 166 Å². The van der Waals surface area contributed by atoms with Crippen molar-refractivity contribution in [3.63, 3.8) is 0 Å². The summed E-state index contributed by atoms with van der Waals surface area (Å²) in [4.78, 5) is 11.2. The number of carboxylic acid groups (broad SMARTS) is 1. The molecule has 0 bridgehead atoms. The second-order valence-electron chi connectivity index (χ2n) is 5.09. The van der Waals surface area contributed by atoms with Crippen molar-refractivity contribution < 1.29 is 35.1 Å². The van der Waals surface area contributed by atoms with Crippen LogP contribution in [0.3, 0.4) is 0 Å². The lowest BCUT2D eigenvalue weighted by Gasteiger charge is -2.41. The predicted molar refractivity (Wildman–Crippen MR) is 71.2 cm³/mol. The summed E-state index contributed by atoms with van der Waals surface area (Å²) in [5.74, 6) is -1.12. The average molecular weight is 308 g/mol. The minimum Gasteiger partial charge on any atom is -0.480 e. The fourth-order valence-electron chi connectivity index (χ4n) is 2.21. The molecule has 6 atom stereocenters. The van der Waals surface area contributed by atoms with Gasteiger partial charge in [0, 0.05) is 0 Å². The monoisotopic (exact) mass is 308 g/mol. The summed E-state index contributed by atoms with van der Waals surface area (Å²) in [5.41, 5.74) is 5.35. The van der Waals surface area contributed by atoms with E-state index in [1.165, 1.54) is 0 Å². The van der Waals surface area contributed by atoms with Crippen LogP contribution in [0.25, 0.3) is 0 Å². The van der Waals surface area contributed by atoms with E-state index in [0.29, 0.717) is 19.4 Å². The van der Waals surface area contributed by atoms with Crippen LogP contribution < -0.4 is 11.1 Å². The van der Waals surface area contributed by atoms with E-state index in [2.05, 4.69) is 5.32 Å². The molecule has 1 fully saturated rings. The molecule has 1 unspecified atom stereocenters. The molecule has 0 saturated carbocycles. The Morgan fingerprint density at radius 2 is 1.86 bits per heavy atom. The minimum absolute atomic E-state index is 0.279. The van der Waals surface area contributed by atoms with Gasteiger partial charge in [-0.3, -0.25) is 10.1 Å². The standard InChI is InChI=1S/C12H24N2O7/c13-4-2-1-3-6(12(19)20)14-11-10(18)9(17)8(16)7(5-15)21-11/h6-11,14-18H,1-5,13H2,(H,19,20)/t6-,7-,8+,9+,10-,11?/m1/s1. The van der Waals surface area contributed by atoms with Gasteiger partial charge < -0.3 is 36.0 Å². The predicted octanol–water partition coefficient (Wildman–Crippen LogP) is -3.04. The largest absolute Gasteiger partial charge is 0.480 e. The van der Waals surface area contributed by atoms with Gasteiger partial charge in [-0.15, -0.1) is 0 Å². The van der Waals surface area contributed by atoms with Crippen LogP contribution in [0.1, 0.15) is 19.3 Å². The molecule has 8 N–H and O–H groups in total. The summed E-state index contributed by atoms with van der Waals surface area (Å²) in [5, 5.41) is 49.9. The fraction of sp³-hybridized carbons (Fsp3) is 0.917. The highest BCUT2D eigenvalue weighted by atomic mass is 16.6. The molecule has 0 amide bonds. The molecule has 1 aliphatic rings. The highest BCUT2D eigenvalue weighted by Crippen LogP contribution is 2.20. The zero-order valence-electron chi connectivity index (χ0n) is 11.6. The third-order valence-electron chi connectivity index (χ3n) is 3.50. The zero-order valence-corrected chi connectivity index (χ0v) is 11.6. The van der Waals surface area contributed by atoms with Gasteiger partial charge in [-0.05, 0) is 19.4 Å². The van der Waals surface area contributed by atoms with Crippen LogP contribution in [0.2, 0.25) is 0 Å². The normalized spacial score (nSPS) is 34.6. The van der Waals surface area contributed by atoms with Gasteiger partial charge in [-0.2, -0.15) is 0 Å². The van der Waals surface area contributed by atoms with E-state index in [1.54, 1.807) is 0 Å². The summed E-state index contributed by atoms with van der Waals surface area (Å²) < 4.78 is 5.21. The minimum atomic E-state index is -1.54. The number of unbranched alkanes of at least 4 members (excludes halogenated alkanes) is 1. The Bertz CT molecular complexity index is 329. The highest BCUT2D eigenvalue weighted by Gasteiger charge is 2.44. The molecule has 1 aliphatic heterocycles. The number of aliphatic carboxylic acids is 1. The first-order valence-electron chi connectivity index (χ1n) is 6.91. The van der Waals surface area contributed by atoms with Crippen molar-refractivity contribution in [1.82, 2.24) is 5.32 Å². The number of carbonyl (C=O) groups is 1. The van der Waals surface area contributed by atoms with E-state index >= 15 is 0 Å². The van der Waals surface area contributed by atoms with Gasteiger partial charge in [0.1, 0.15) is 36.7 Å². The Kier molecular flexibility index (Phi) is 7.46. The quantitative estimate of drug-likeness (QED) is 0.231. The summed E-state index contributed by atoms with van der Waals surface area (Å²) in [7, 11) is 0. The lowest BCUT2D eigenvalue weighted by Crippen LogP contribution is -2.64. The van der Waals surface area contributed by atoms with Gasteiger partial charge in [-0.25, -0.2) is 0 Å². The van der Waals surface area contributed by atoms with E-state index in [0.717, 1.165) is 0 Å². The first-order chi connectivity index (χ1) is 9.92. The molecule has 1 heterocycles. The molecule has 0 spiro atoms. The van der Waals surface area contributed by atoms with Crippen LogP contribution in [0.5, 0.6) is 0 Å². The molecule has 0 aromatic heterocycles. The molecule has 124 valence electrons. The van der Waals surface area contributed by atoms with E-state index in [-0.39, 0.29) is 6.42 Å². The molecular weight excluding hydrogens is 284 g/mol. The van der Waals surface area contributed by atoms with E-state index in [9.17, 15) is 20.1 Å². The van der Waals surface area contributed by atoms with Crippen LogP contribution in [0.4, 0.5) is 0 Å². The van der Waals surface area contributed by atoms with Gasteiger partial charge >= 0.3 is 5.97 Å². The molecule has 0 aromatic rings. The number of hydrogen-bond acceptors (Lipinski definition) is 8. The molecule has 0 aliphatic carbocycles. The van der Waals surface area contributed by atoms with Crippen LogP contribution in [-0.2, 0) is 9.53 Å². The van der Waals surface area contributed by atoms with Gasteiger partial charge in [-0.1, -0.05) is 6.42 Å². The number of nitrogens with two attached hydrogens (primary N) is 1. The maximum absolute atomic E-state index is 11.2. The second-order valence-corrected chi connectivity index (χ2v) is 5.09. The Labute approximate surface area is 122 Å². The second kappa shape index (κ2) is 8.59. The summed E-state index contributed by atoms with van der Waals surface area (Å²) >= 11 is 0. The average Bonchev–Trinajstić information content (AvgIpc) is 2.46. The summed E-state index contributed by atoms with van der Waals surface area (Å²) in [6, 6.07) is -0.988. The lowest BCUT2D eigenvalue weighted by molar-refractivity contribution is -0.238. The van der Waals surface area contributed by atoms with Crippen molar-refractivity contribution in [3.8, 4) is 0 Å². The lowest BCUT2D eigenvalue weighted by atomic mass is 9.97. The van der Waals surface area contributed by atoms with Crippen LogP contribution in [-0.4, -0.2) is 81.3 Å². The first-order valence-corrected chi connectivity index (χ1v) is 6.91. The number of ether oxygens (including phenoxy) is 1.